The van der Waals surface area contributed by atoms with Crippen LogP contribution in [0.5, 0.6) is 0 Å². The van der Waals surface area contributed by atoms with Crippen LogP contribution < -0.4 is 10.6 Å². The van der Waals surface area contributed by atoms with E-state index in [1.165, 1.54) is 17.3 Å². The van der Waals surface area contributed by atoms with Gasteiger partial charge in [0.25, 0.3) is 5.91 Å². The van der Waals surface area contributed by atoms with E-state index in [1.807, 2.05) is 73.9 Å². The molecule has 0 radical (unpaired) electrons. The minimum Gasteiger partial charge on any atom is -0.348 e. The maximum absolute atomic E-state index is 12.8. The fourth-order valence-corrected chi connectivity index (χ4v) is 4.41. The molecule has 0 spiro atoms. The van der Waals surface area contributed by atoms with Crippen molar-refractivity contribution in [2.45, 2.75) is 32.5 Å². The minimum absolute atomic E-state index is 0.128. The lowest BCUT2D eigenvalue weighted by Gasteiger charge is -2.13. The molecule has 8 heteroatoms. The van der Waals surface area contributed by atoms with Crippen LogP contribution >= 0.6 is 11.8 Å². The van der Waals surface area contributed by atoms with E-state index in [1.54, 1.807) is 24.3 Å². The smallest absolute Gasteiger partial charge is 0.253 e. The van der Waals surface area contributed by atoms with Crippen LogP contribution in [0.3, 0.4) is 0 Å². The van der Waals surface area contributed by atoms with E-state index in [0.29, 0.717) is 23.0 Å². The maximum atomic E-state index is 12.8. The molecule has 0 bridgehead atoms. The predicted octanol–water partition coefficient (Wildman–Crippen LogP) is 4.85. The number of nitrogens with one attached hydrogen (secondary N) is 2. The van der Waals surface area contributed by atoms with Crippen molar-refractivity contribution < 1.29 is 9.59 Å². The largest absolute Gasteiger partial charge is 0.348 e. The highest BCUT2D eigenvalue weighted by Gasteiger charge is 2.17. The molecule has 0 aliphatic carbocycles. The number of aromatic nitrogens is 3. The van der Waals surface area contributed by atoms with Crippen molar-refractivity contribution in [2.24, 2.45) is 0 Å². The minimum atomic E-state index is -0.246. The summed E-state index contributed by atoms with van der Waals surface area (Å²) < 4.78 is 1.94. The number of nitrogens with zero attached hydrogens (tertiary/aromatic N) is 3. The monoisotopic (exact) mass is 485 g/mol. The van der Waals surface area contributed by atoms with E-state index in [4.69, 9.17) is 0 Å². The van der Waals surface area contributed by atoms with E-state index in [-0.39, 0.29) is 17.6 Å². The molecule has 0 saturated heterocycles. The number of thioether (sulfide) groups is 1. The van der Waals surface area contributed by atoms with Gasteiger partial charge >= 0.3 is 0 Å². The van der Waals surface area contributed by atoms with E-state index in [2.05, 4.69) is 20.8 Å². The molecule has 3 aromatic carbocycles. The maximum Gasteiger partial charge on any atom is 0.253 e. The highest BCUT2D eigenvalue weighted by atomic mass is 32.2. The molecule has 1 heterocycles. The first-order valence-corrected chi connectivity index (χ1v) is 12.2. The Balaban J connectivity index is 1.40. The fourth-order valence-electron chi connectivity index (χ4n) is 3.62. The number of carbonyl (C=O) groups is 2. The zero-order chi connectivity index (χ0) is 24.8. The zero-order valence-corrected chi connectivity index (χ0v) is 20.7. The number of para-hydroxylation sites is 2. The second-order valence-electron chi connectivity index (χ2n) is 8.20. The molecule has 2 N–H and O–H groups in total. The Kier molecular flexibility index (Phi) is 7.62. The third kappa shape index (κ3) is 5.96. The summed E-state index contributed by atoms with van der Waals surface area (Å²) in [6, 6.07) is 22.9. The Morgan fingerprint density at radius 3 is 2.37 bits per heavy atom. The Morgan fingerprint density at radius 1 is 0.886 bits per heavy atom. The number of hydrogen-bond donors (Lipinski definition) is 2. The summed E-state index contributed by atoms with van der Waals surface area (Å²) in [5, 5.41) is 14.9. The van der Waals surface area contributed by atoms with Gasteiger partial charge in [-0.2, -0.15) is 0 Å². The van der Waals surface area contributed by atoms with Crippen LogP contribution in [0.25, 0.3) is 5.69 Å². The Hall–Kier alpha value is -3.91. The SMILES string of the molecule is Cc1ccc(CNC(=O)c2ccccc2NC(=O)CSc2nnc(C)n2-c2ccccc2C)cc1. The Labute approximate surface area is 209 Å². The molecule has 4 rings (SSSR count). The van der Waals surface area contributed by atoms with Gasteiger partial charge in [-0.15, -0.1) is 10.2 Å². The molecule has 0 aliphatic rings. The van der Waals surface area contributed by atoms with Gasteiger partial charge in [0, 0.05) is 6.54 Å². The van der Waals surface area contributed by atoms with Crippen LogP contribution in [-0.4, -0.2) is 32.3 Å². The number of amides is 2. The zero-order valence-electron chi connectivity index (χ0n) is 19.9. The van der Waals surface area contributed by atoms with Crippen LogP contribution in [0.2, 0.25) is 0 Å². The lowest BCUT2D eigenvalue weighted by atomic mass is 10.1. The fraction of sp³-hybridized carbons (Fsp3) is 0.185. The topological polar surface area (TPSA) is 88.9 Å². The molecule has 0 saturated carbocycles. The van der Waals surface area contributed by atoms with Crippen LogP contribution in [0.15, 0.2) is 78.0 Å². The average Bonchev–Trinajstić information content (AvgIpc) is 3.23. The summed E-state index contributed by atoms with van der Waals surface area (Å²) >= 11 is 1.30. The summed E-state index contributed by atoms with van der Waals surface area (Å²) in [6.07, 6.45) is 0. The van der Waals surface area contributed by atoms with Crippen molar-refractivity contribution >= 4 is 29.3 Å². The van der Waals surface area contributed by atoms with Gasteiger partial charge in [0.2, 0.25) is 5.91 Å². The number of carbonyl (C=O) groups excluding carboxylic acids is 2. The van der Waals surface area contributed by atoms with Crippen molar-refractivity contribution in [1.29, 1.82) is 0 Å². The molecule has 0 fully saturated rings. The Bertz CT molecular complexity index is 1350. The highest BCUT2D eigenvalue weighted by molar-refractivity contribution is 7.99. The standard InChI is InChI=1S/C27H27N5O2S/c1-18-12-14-21(15-13-18)16-28-26(34)22-9-5-6-10-23(22)29-25(33)17-35-27-31-30-20(3)32(27)24-11-7-4-8-19(24)2/h4-15H,16-17H2,1-3H3,(H,28,34)(H,29,33). The first-order valence-electron chi connectivity index (χ1n) is 11.3. The second kappa shape index (κ2) is 11.0. The summed E-state index contributed by atoms with van der Waals surface area (Å²) in [4.78, 5) is 25.6. The molecule has 2 amide bonds. The Morgan fingerprint density at radius 2 is 1.60 bits per heavy atom. The first kappa shape index (κ1) is 24.2. The van der Waals surface area contributed by atoms with Crippen molar-refractivity contribution in [2.75, 3.05) is 11.1 Å². The summed E-state index contributed by atoms with van der Waals surface area (Å²) in [5.41, 5.74) is 5.13. The summed E-state index contributed by atoms with van der Waals surface area (Å²) in [6.45, 7) is 6.34. The van der Waals surface area contributed by atoms with Crippen molar-refractivity contribution in [1.82, 2.24) is 20.1 Å². The predicted molar refractivity (Wildman–Crippen MR) is 139 cm³/mol. The summed E-state index contributed by atoms with van der Waals surface area (Å²) in [7, 11) is 0. The number of aryl methyl sites for hydroxylation is 3. The van der Waals surface area contributed by atoms with E-state index in [9.17, 15) is 9.59 Å². The van der Waals surface area contributed by atoms with Gasteiger partial charge in [-0.05, 0) is 50.1 Å². The van der Waals surface area contributed by atoms with Crippen molar-refractivity contribution in [3.05, 3.63) is 101 Å². The van der Waals surface area contributed by atoms with Crippen LogP contribution in [0, 0.1) is 20.8 Å². The number of benzene rings is 3. The third-order valence-corrected chi connectivity index (χ3v) is 6.43. The number of hydrogen-bond acceptors (Lipinski definition) is 5. The molecular formula is C27H27N5O2S. The third-order valence-electron chi connectivity index (χ3n) is 5.50. The number of rotatable bonds is 8. The first-order chi connectivity index (χ1) is 16.9. The van der Waals surface area contributed by atoms with Crippen molar-refractivity contribution in [3.63, 3.8) is 0 Å². The van der Waals surface area contributed by atoms with Gasteiger partial charge in [-0.1, -0.05) is 71.9 Å². The van der Waals surface area contributed by atoms with Crippen LogP contribution in [-0.2, 0) is 11.3 Å². The van der Waals surface area contributed by atoms with E-state index >= 15 is 0 Å². The molecule has 0 aliphatic heterocycles. The van der Waals surface area contributed by atoms with Gasteiger partial charge in [0.1, 0.15) is 5.82 Å². The molecule has 178 valence electrons. The van der Waals surface area contributed by atoms with Gasteiger partial charge < -0.3 is 10.6 Å². The quantitative estimate of drug-likeness (QED) is 0.348. The highest BCUT2D eigenvalue weighted by Crippen LogP contribution is 2.24. The lowest BCUT2D eigenvalue weighted by Crippen LogP contribution is -2.25. The molecule has 1 aromatic heterocycles. The van der Waals surface area contributed by atoms with E-state index in [0.717, 1.165) is 22.6 Å². The van der Waals surface area contributed by atoms with Gasteiger partial charge in [0.05, 0.1) is 22.7 Å². The van der Waals surface area contributed by atoms with Crippen LogP contribution in [0.1, 0.15) is 32.9 Å². The molecule has 0 atom stereocenters. The molecular weight excluding hydrogens is 458 g/mol. The van der Waals surface area contributed by atoms with Gasteiger partial charge in [0.15, 0.2) is 5.16 Å². The lowest BCUT2D eigenvalue weighted by molar-refractivity contribution is -0.113. The number of anilines is 1. The molecule has 7 nitrogen and oxygen atoms in total. The van der Waals surface area contributed by atoms with Gasteiger partial charge in [-0.25, -0.2) is 0 Å². The summed E-state index contributed by atoms with van der Waals surface area (Å²) in [5.74, 6) is 0.399. The molecule has 4 aromatic rings. The van der Waals surface area contributed by atoms with Gasteiger partial charge in [-0.3, -0.25) is 14.2 Å². The molecule has 35 heavy (non-hydrogen) atoms. The second-order valence-corrected chi connectivity index (χ2v) is 9.14. The average molecular weight is 486 g/mol. The van der Waals surface area contributed by atoms with E-state index < -0.39 is 0 Å². The normalized spacial score (nSPS) is 10.7. The molecule has 0 unspecified atom stereocenters. The van der Waals surface area contributed by atoms with Crippen molar-refractivity contribution in [3.8, 4) is 5.69 Å². The van der Waals surface area contributed by atoms with Crippen LogP contribution in [0.4, 0.5) is 5.69 Å².